The molecule has 0 saturated carbocycles. The van der Waals surface area contributed by atoms with E-state index in [2.05, 4.69) is 0 Å². The van der Waals surface area contributed by atoms with Gasteiger partial charge in [-0.25, -0.2) is 0 Å². The van der Waals surface area contributed by atoms with Crippen LogP contribution in [-0.2, 0) is 6.61 Å². The number of hydrogen-bond acceptors (Lipinski definition) is 2. The van der Waals surface area contributed by atoms with Crippen molar-refractivity contribution in [2.45, 2.75) is 6.61 Å². The molecule has 0 aliphatic rings. The molecule has 2 aromatic carbocycles. The van der Waals surface area contributed by atoms with Gasteiger partial charge in [0.1, 0.15) is 12.4 Å². The third-order valence-electron chi connectivity index (χ3n) is 2.41. The van der Waals surface area contributed by atoms with Gasteiger partial charge in [0, 0.05) is 21.7 Å². The topological polar surface area (TPSA) is 35.2 Å². The van der Waals surface area contributed by atoms with E-state index in [1.54, 1.807) is 36.4 Å². The second-order valence-electron chi connectivity index (χ2n) is 3.67. The highest BCUT2D eigenvalue weighted by molar-refractivity contribution is 6.36. The molecule has 0 unspecified atom stereocenters. The van der Waals surface area contributed by atoms with Gasteiger partial charge in [-0.1, -0.05) is 40.9 Å². The molecule has 2 N–H and O–H groups in total. The normalized spacial score (nSPS) is 10.4. The summed E-state index contributed by atoms with van der Waals surface area (Å²) in [7, 11) is 0. The van der Waals surface area contributed by atoms with Gasteiger partial charge in [0.15, 0.2) is 0 Å². The zero-order chi connectivity index (χ0) is 13.1. The maximum absolute atomic E-state index is 6.04. The van der Waals surface area contributed by atoms with E-state index in [-0.39, 0.29) is 6.61 Å². The second kappa shape index (κ2) is 5.70. The highest BCUT2D eigenvalue weighted by atomic mass is 35.5. The van der Waals surface area contributed by atoms with Crippen LogP contribution in [-0.4, -0.2) is 0 Å². The summed E-state index contributed by atoms with van der Waals surface area (Å²) >= 11 is 17.9. The number of ether oxygens (including phenoxy) is 1. The average molecular weight is 303 g/mol. The van der Waals surface area contributed by atoms with Crippen molar-refractivity contribution >= 4 is 40.5 Å². The third kappa shape index (κ3) is 3.02. The molecule has 2 aromatic rings. The fourth-order valence-corrected chi connectivity index (χ4v) is 2.06. The molecule has 94 valence electrons. The van der Waals surface area contributed by atoms with Gasteiger partial charge in [0.2, 0.25) is 0 Å². The van der Waals surface area contributed by atoms with Crippen LogP contribution in [0.25, 0.3) is 0 Å². The van der Waals surface area contributed by atoms with Crippen molar-refractivity contribution in [1.29, 1.82) is 0 Å². The van der Waals surface area contributed by atoms with Crippen LogP contribution in [0.3, 0.4) is 0 Å². The standard InChI is InChI=1S/C13H10Cl3NO/c14-10-2-1-3-11(15)9(10)7-18-8-4-5-12(16)13(17)6-8/h1-6H,7,17H2. The molecule has 2 nitrogen and oxygen atoms in total. The number of halogens is 3. The van der Waals surface area contributed by atoms with Crippen LogP contribution in [0.2, 0.25) is 15.1 Å². The molecule has 0 fully saturated rings. The Morgan fingerprint density at radius 2 is 1.61 bits per heavy atom. The van der Waals surface area contributed by atoms with E-state index in [9.17, 15) is 0 Å². The summed E-state index contributed by atoms with van der Waals surface area (Å²) in [6, 6.07) is 10.4. The minimum atomic E-state index is 0.277. The van der Waals surface area contributed by atoms with Crippen molar-refractivity contribution in [3.63, 3.8) is 0 Å². The number of hydrogen-bond donors (Lipinski definition) is 1. The first kappa shape index (κ1) is 13.3. The molecule has 0 aliphatic heterocycles. The number of anilines is 1. The first-order chi connectivity index (χ1) is 8.58. The van der Waals surface area contributed by atoms with E-state index in [4.69, 9.17) is 45.3 Å². The predicted octanol–water partition coefficient (Wildman–Crippen LogP) is 4.81. The molecular formula is C13H10Cl3NO. The summed E-state index contributed by atoms with van der Waals surface area (Å²) in [5, 5.41) is 1.65. The Morgan fingerprint density at radius 1 is 0.944 bits per heavy atom. The molecule has 5 heteroatoms. The molecule has 0 radical (unpaired) electrons. The van der Waals surface area contributed by atoms with Gasteiger partial charge in [0.25, 0.3) is 0 Å². The van der Waals surface area contributed by atoms with Crippen LogP contribution >= 0.6 is 34.8 Å². The molecule has 2 rings (SSSR count). The smallest absolute Gasteiger partial charge is 0.121 e. The highest BCUT2D eigenvalue weighted by Crippen LogP contribution is 2.28. The van der Waals surface area contributed by atoms with Crippen molar-refractivity contribution in [3.8, 4) is 5.75 Å². The lowest BCUT2D eigenvalue weighted by Crippen LogP contribution is -1.98. The van der Waals surface area contributed by atoms with Gasteiger partial charge in [-0.3, -0.25) is 0 Å². The van der Waals surface area contributed by atoms with Crippen molar-refractivity contribution in [2.75, 3.05) is 5.73 Å². The molecule has 0 aliphatic carbocycles. The molecule has 0 atom stereocenters. The fourth-order valence-electron chi connectivity index (χ4n) is 1.44. The Balaban J connectivity index is 2.14. The summed E-state index contributed by atoms with van der Waals surface area (Å²) < 4.78 is 5.58. The Kier molecular flexibility index (Phi) is 4.23. The number of rotatable bonds is 3. The first-order valence-corrected chi connectivity index (χ1v) is 6.32. The van der Waals surface area contributed by atoms with Crippen LogP contribution in [0.15, 0.2) is 36.4 Å². The van der Waals surface area contributed by atoms with Crippen molar-refractivity contribution in [2.24, 2.45) is 0 Å². The molecule has 0 spiro atoms. The molecule has 0 amide bonds. The van der Waals surface area contributed by atoms with Crippen LogP contribution in [0.5, 0.6) is 5.75 Å². The maximum Gasteiger partial charge on any atom is 0.121 e. The first-order valence-electron chi connectivity index (χ1n) is 5.18. The number of nitrogen functional groups attached to an aromatic ring is 1. The molecule has 0 aromatic heterocycles. The SMILES string of the molecule is Nc1cc(OCc2c(Cl)cccc2Cl)ccc1Cl. The summed E-state index contributed by atoms with van der Waals surface area (Å²) in [4.78, 5) is 0. The van der Waals surface area contributed by atoms with Crippen LogP contribution in [0.1, 0.15) is 5.56 Å². The van der Waals surface area contributed by atoms with Gasteiger partial charge in [0.05, 0.1) is 10.7 Å². The Bertz CT molecular complexity index is 552. The summed E-state index contributed by atoms with van der Waals surface area (Å²) in [5.41, 5.74) is 6.90. The minimum Gasteiger partial charge on any atom is -0.489 e. The van der Waals surface area contributed by atoms with Crippen LogP contribution in [0.4, 0.5) is 5.69 Å². The van der Waals surface area contributed by atoms with Crippen molar-refractivity contribution in [1.82, 2.24) is 0 Å². The maximum atomic E-state index is 6.04. The summed E-state index contributed by atoms with van der Waals surface area (Å²) in [5.74, 6) is 0.618. The number of benzene rings is 2. The zero-order valence-corrected chi connectivity index (χ0v) is 11.6. The Morgan fingerprint density at radius 3 is 2.22 bits per heavy atom. The van der Waals surface area contributed by atoms with E-state index < -0.39 is 0 Å². The van der Waals surface area contributed by atoms with Gasteiger partial charge in [-0.2, -0.15) is 0 Å². The molecule has 0 bridgehead atoms. The van der Waals surface area contributed by atoms with Gasteiger partial charge >= 0.3 is 0 Å². The van der Waals surface area contributed by atoms with Gasteiger partial charge < -0.3 is 10.5 Å². The minimum absolute atomic E-state index is 0.277. The van der Waals surface area contributed by atoms with Crippen LogP contribution in [0, 0.1) is 0 Å². The van der Waals surface area contributed by atoms with E-state index in [1.165, 1.54) is 0 Å². The zero-order valence-electron chi connectivity index (χ0n) is 9.29. The average Bonchev–Trinajstić information content (AvgIpc) is 2.33. The van der Waals surface area contributed by atoms with Crippen LogP contribution < -0.4 is 10.5 Å². The third-order valence-corrected chi connectivity index (χ3v) is 3.46. The Labute approximate surface area is 120 Å². The number of nitrogens with two attached hydrogens (primary N) is 1. The monoisotopic (exact) mass is 301 g/mol. The fraction of sp³-hybridized carbons (Fsp3) is 0.0769. The lowest BCUT2D eigenvalue weighted by atomic mass is 10.2. The molecule has 0 heterocycles. The quantitative estimate of drug-likeness (QED) is 0.826. The van der Waals surface area contributed by atoms with Crippen molar-refractivity contribution < 1.29 is 4.74 Å². The summed E-state index contributed by atoms with van der Waals surface area (Å²) in [6.07, 6.45) is 0. The molecule has 18 heavy (non-hydrogen) atoms. The molecular weight excluding hydrogens is 293 g/mol. The lowest BCUT2D eigenvalue weighted by molar-refractivity contribution is 0.306. The van der Waals surface area contributed by atoms with E-state index >= 15 is 0 Å². The lowest BCUT2D eigenvalue weighted by Gasteiger charge is -2.10. The highest BCUT2D eigenvalue weighted by Gasteiger charge is 2.06. The predicted molar refractivity (Wildman–Crippen MR) is 76.7 cm³/mol. The molecule has 0 saturated heterocycles. The Hall–Kier alpha value is -1.09. The summed E-state index contributed by atoms with van der Waals surface area (Å²) in [6.45, 7) is 0.277. The van der Waals surface area contributed by atoms with E-state index in [0.717, 1.165) is 5.56 Å². The second-order valence-corrected chi connectivity index (χ2v) is 4.89. The van der Waals surface area contributed by atoms with Crippen molar-refractivity contribution in [3.05, 3.63) is 57.0 Å². The largest absolute Gasteiger partial charge is 0.489 e. The van der Waals surface area contributed by atoms with Gasteiger partial charge in [-0.05, 0) is 24.3 Å². The van der Waals surface area contributed by atoms with E-state index in [0.29, 0.717) is 26.5 Å². The van der Waals surface area contributed by atoms with E-state index in [1.807, 2.05) is 0 Å². The van der Waals surface area contributed by atoms with Gasteiger partial charge in [-0.15, -0.1) is 0 Å².